The first kappa shape index (κ1) is 13.3. The maximum Gasteiger partial charge on any atom is 0.216 e. The van der Waals surface area contributed by atoms with Crippen molar-refractivity contribution in [2.24, 2.45) is 5.10 Å². The molecule has 106 valence electrons. The van der Waals surface area contributed by atoms with E-state index in [1.165, 1.54) is 4.68 Å². The molecule has 0 radical (unpaired) electrons. The van der Waals surface area contributed by atoms with Gasteiger partial charge in [0, 0.05) is 5.69 Å². The quantitative estimate of drug-likeness (QED) is 0.510. The molecule has 0 saturated heterocycles. The number of aryl methyl sites for hydroxylation is 1. The van der Waals surface area contributed by atoms with Crippen molar-refractivity contribution in [2.45, 2.75) is 6.92 Å². The minimum Gasteiger partial charge on any atom is -0.508 e. The van der Waals surface area contributed by atoms with Crippen LogP contribution in [-0.4, -0.2) is 36.4 Å². The highest BCUT2D eigenvalue weighted by atomic mass is 32.1. The predicted molar refractivity (Wildman–Crippen MR) is 80.8 cm³/mol. The maximum atomic E-state index is 9.25. The molecule has 1 aromatic carbocycles. The van der Waals surface area contributed by atoms with Crippen LogP contribution >= 0.6 is 12.2 Å². The molecular formula is C13H12N6OS. The Balaban J connectivity index is 1.97. The zero-order chi connectivity index (χ0) is 14.8. The summed E-state index contributed by atoms with van der Waals surface area (Å²) in [5.41, 5.74) is 2.41. The van der Waals surface area contributed by atoms with Gasteiger partial charge in [0.15, 0.2) is 0 Å². The summed E-state index contributed by atoms with van der Waals surface area (Å²) in [6.07, 6.45) is 1.63. The second kappa shape index (κ2) is 5.33. The number of benzene rings is 1. The Hall–Kier alpha value is -2.74. The molecule has 8 heteroatoms. The first-order valence-electron chi connectivity index (χ1n) is 6.16. The summed E-state index contributed by atoms with van der Waals surface area (Å²) in [4.78, 5) is 0. The second-order valence-corrected chi connectivity index (χ2v) is 4.82. The van der Waals surface area contributed by atoms with E-state index in [-0.39, 0.29) is 5.75 Å². The van der Waals surface area contributed by atoms with Crippen molar-refractivity contribution in [3.8, 4) is 17.3 Å². The molecular weight excluding hydrogens is 288 g/mol. The molecule has 0 unspecified atom stereocenters. The summed E-state index contributed by atoms with van der Waals surface area (Å²) in [5.74, 6) is 0.735. The molecule has 7 nitrogen and oxygen atoms in total. The average Bonchev–Trinajstić information content (AvgIpc) is 3.05. The van der Waals surface area contributed by atoms with Gasteiger partial charge in [-0.3, -0.25) is 5.10 Å². The summed E-state index contributed by atoms with van der Waals surface area (Å²) in [5, 5.41) is 27.4. The molecule has 0 atom stereocenters. The van der Waals surface area contributed by atoms with Crippen LogP contribution in [0.3, 0.4) is 0 Å². The van der Waals surface area contributed by atoms with Crippen LogP contribution in [0.2, 0.25) is 0 Å². The summed E-state index contributed by atoms with van der Waals surface area (Å²) in [7, 11) is 0. The number of H-pyrrole nitrogens is 2. The van der Waals surface area contributed by atoms with E-state index in [0.29, 0.717) is 16.3 Å². The molecule has 0 aliphatic heterocycles. The number of aromatic hydroxyl groups is 1. The lowest BCUT2D eigenvalue weighted by Gasteiger charge is -1.97. The average molecular weight is 300 g/mol. The second-order valence-electron chi connectivity index (χ2n) is 4.44. The fourth-order valence-corrected chi connectivity index (χ4v) is 1.96. The van der Waals surface area contributed by atoms with Crippen LogP contribution in [0.25, 0.3) is 11.5 Å². The molecule has 0 spiro atoms. The van der Waals surface area contributed by atoms with E-state index >= 15 is 0 Å². The van der Waals surface area contributed by atoms with E-state index in [0.717, 1.165) is 11.3 Å². The van der Waals surface area contributed by atoms with Gasteiger partial charge >= 0.3 is 0 Å². The zero-order valence-corrected chi connectivity index (χ0v) is 11.9. The zero-order valence-electron chi connectivity index (χ0n) is 11.1. The number of phenols is 1. The van der Waals surface area contributed by atoms with Crippen LogP contribution < -0.4 is 0 Å². The first-order valence-corrected chi connectivity index (χ1v) is 6.57. The third kappa shape index (κ3) is 2.75. The van der Waals surface area contributed by atoms with Gasteiger partial charge in [-0.05, 0) is 55.0 Å². The topological polar surface area (TPSA) is 94.9 Å². The number of hydrogen-bond acceptors (Lipinski definition) is 5. The van der Waals surface area contributed by atoms with Gasteiger partial charge in [0.25, 0.3) is 0 Å². The van der Waals surface area contributed by atoms with Crippen LogP contribution in [0.15, 0.2) is 35.4 Å². The number of rotatable bonds is 3. The molecule has 0 bridgehead atoms. The lowest BCUT2D eigenvalue weighted by molar-refractivity contribution is 0.475. The number of phenolic OH excluding ortho intramolecular Hbond substituents is 1. The third-order valence-electron chi connectivity index (χ3n) is 2.80. The Morgan fingerprint density at radius 1 is 1.24 bits per heavy atom. The Morgan fingerprint density at radius 3 is 2.67 bits per heavy atom. The lowest BCUT2D eigenvalue weighted by atomic mass is 10.2. The van der Waals surface area contributed by atoms with Gasteiger partial charge in [0.1, 0.15) is 11.4 Å². The van der Waals surface area contributed by atoms with Crippen LogP contribution in [0.4, 0.5) is 0 Å². The van der Waals surface area contributed by atoms with Gasteiger partial charge in [-0.15, -0.1) is 0 Å². The molecule has 0 aliphatic rings. The van der Waals surface area contributed by atoms with Crippen LogP contribution in [-0.2, 0) is 0 Å². The van der Waals surface area contributed by atoms with Gasteiger partial charge in [-0.25, -0.2) is 5.10 Å². The van der Waals surface area contributed by atoms with Gasteiger partial charge in [-0.2, -0.15) is 20.0 Å². The summed E-state index contributed by atoms with van der Waals surface area (Å²) in [6.45, 7) is 1.90. The first-order chi connectivity index (χ1) is 10.1. The van der Waals surface area contributed by atoms with Crippen molar-refractivity contribution in [3.05, 3.63) is 46.4 Å². The summed E-state index contributed by atoms with van der Waals surface area (Å²) in [6, 6.07) is 8.54. The molecule has 3 rings (SSSR count). The van der Waals surface area contributed by atoms with E-state index in [2.05, 4.69) is 25.5 Å². The van der Waals surface area contributed by atoms with E-state index in [1.807, 2.05) is 13.0 Å². The molecule has 2 aromatic heterocycles. The Bertz CT molecular complexity index is 842. The van der Waals surface area contributed by atoms with Crippen molar-refractivity contribution < 1.29 is 5.11 Å². The van der Waals surface area contributed by atoms with Crippen molar-refractivity contribution in [3.63, 3.8) is 0 Å². The standard InChI is InChI=1S/C13H12N6OS/c1-8-6-11(16-15-8)12-17-18-13(21)19(12)14-7-9-2-4-10(20)5-3-9/h2-7,20H,1H3,(H,15,16)(H,18,21)/b14-7-. The molecule has 3 N–H and O–H groups in total. The normalized spacial score (nSPS) is 11.3. The fraction of sp³-hybridized carbons (Fsp3) is 0.0769. The lowest BCUT2D eigenvalue weighted by Crippen LogP contribution is -1.95. The van der Waals surface area contributed by atoms with E-state index in [1.54, 1.807) is 30.5 Å². The van der Waals surface area contributed by atoms with Crippen molar-refractivity contribution in [1.82, 2.24) is 25.1 Å². The third-order valence-corrected chi connectivity index (χ3v) is 3.07. The van der Waals surface area contributed by atoms with E-state index in [9.17, 15) is 5.11 Å². The monoisotopic (exact) mass is 300 g/mol. The van der Waals surface area contributed by atoms with Crippen LogP contribution in [0.1, 0.15) is 11.3 Å². The predicted octanol–water partition coefficient (Wildman–Crippen LogP) is 2.23. The number of aromatic amines is 2. The maximum absolute atomic E-state index is 9.25. The SMILES string of the molecule is Cc1cc(-c2n[nH]c(=S)n2/N=C\c2ccc(O)cc2)n[nH]1. The minimum absolute atomic E-state index is 0.208. The molecule has 3 aromatic rings. The smallest absolute Gasteiger partial charge is 0.216 e. The number of nitrogens with one attached hydrogen (secondary N) is 2. The number of nitrogens with zero attached hydrogens (tertiary/aromatic N) is 4. The largest absolute Gasteiger partial charge is 0.508 e. The van der Waals surface area contributed by atoms with Gasteiger partial charge in [0.2, 0.25) is 10.6 Å². The number of hydrogen-bond donors (Lipinski definition) is 3. The Labute approximate surface area is 125 Å². The van der Waals surface area contributed by atoms with E-state index < -0.39 is 0 Å². The van der Waals surface area contributed by atoms with E-state index in [4.69, 9.17) is 12.2 Å². The molecule has 0 fully saturated rings. The Kier molecular flexibility index (Phi) is 3.36. The summed E-state index contributed by atoms with van der Waals surface area (Å²) < 4.78 is 1.87. The van der Waals surface area contributed by atoms with Crippen LogP contribution in [0.5, 0.6) is 5.75 Å². The van der Waals surface area contributed by atoms with Crippen LogP contribution in [0, 0.1) is 11.7 Å². The van der Waals surface area contributed by atoms with Crippen molar-refractivity contribution in [1.29, 1.82) is 0 Å². The van der Waals surface area contributed by atoms with Gasteiger partial charge in [-0.1, -0.05) is 0 Å². The Morgan fingerprint density at radius 2 is 2.00 bits per heavy atom. The highest BCUT2D eigenvalue weighted by molar-refractivity contribution is 7.71. The van der Waals surface area contributed by atoms with Crippen molar-refractivity contribution in [2.75, 3.05) is 0 Å². The minimum atomic E-state index is 0.208. The van der Waals surface area contributed by atoms with Gasteiger partial charge in [0.05, 0.1) is 6.21 Å². The fourth-order valence-electron chi connectivity index (χ4n) is 1.78. The highest BCUT2D eigenvalue weighted by Gasteiger charge is 2.10. The highest BCUT2D eigenvalue weighted by Crippen LogP contribution is 2.15. The molecule has 0 aliphatic carbocycles. The molecule has 0 amide bonds. The molecule has 2 heterocycles. The van der Waals surface area contributed by atoms with Crippen molar-refractivity contribution >= 4 is 18.4 Å². The molecule has 0 saturated carbocycles. The number of aromatic nitrogens is 5. The van der Waals surface area contributed by atoms with Gasteiger partial charge < -0.3 is 5.11 Å². The molecule has 21 heavy (non-hydrogen) atoms. The summed E-state index contributed by atoms with van der Waals surface area (Å²) >= 11 is 5.17.